The number of phenolic OH excluding ortho intramolecular Hbond substituents is 2. The van der Waals surface area contributed by atoms with Crippen LogP contribution in [0.1, 0.15) is 11.1 Å². The Morgan fingerprint density at radius 3 is 1.42 bits per heavy atom. The van der Waals surface area contributed by atoms with E-state index in [2.05, 4.69) is 0 Å². The number of benzene rings is 2. The van der Waals surface area contributed by atoms with Crippen molar-refractivity contribution < 1.29 is 29.9 Å². The van der Waals surface area contributed by atoms with E-state index in [1.165, 1.54) is 14.2 Å². The van der Waals surface area contributed by atoms with E-state index in [4.69, 9.17) is 9.47 Å². The van der Waals surface area contributed by atoms with Gasteiger partial charge in [0.15, 0.2) is 23.0 Å². The summed E-state index contributed by atoms with van der Waals surface area (Å²) < 4.78 is 10.2. The SMILES string of the molecule is COc1cc(CC(CO)[C@H](CO)Cc2ccc(O)c(OC)c2)ccc1O. The van der Waals surface area contributed by atoms with E-state index in [0.717, 1.165) is 11.1 Å². The van der Waals surface area contributed by atoms with E-state index in [1.54, 1.807) is 36.4 Å². The topological polar surface area (TPSA) is 99.4 Å². The molecule has 2 rings (SSSR count). The van der Waals surface area contributed by atoms with Gasteiger partial charge in [0.1, 0.15) is 0 Å². The average Bonchev–Trinajstić information content (AvgIpc) is 2.66. The average molecular weight is 362 g/mol. The number of rotatable bonds is 9. The molecule has 0 saturated carbocycles. The summed E-state index contributed by atoms with van der Waals surface area (Å²) >= 11 is 0. The van der Waals surface area contributed by atoms with E-state index in [1.807, 2.05) is 0 Å². The summed E-state index contributed by atoms with van der Waals surface area (Å²) in [6.45, 7) is -0.159. The van der Waals surface area contributed by atoms with Gasteiger partial charge < -0.3 is 29.9 Å². The second-order valence-corrected chi connectivity index (χ2v) is 6.31. The van der Waals surface area contributed by atoms with Crippen molar-refractivity contribution >= 4 is 0 Å². The highest BCUT2D eigenvalue weighted by molar-refractivity contribution is 5.43. The smallest absolute Gasteiger partial charge is 0.160 e. The van der Waals surface area contributed by atoms with Crippen molar-refractivity contribution in [3.05, 3.63) is 47.5 Å². The van der Waals surface area contributed by atoms with Gasteiger partial charge in [-0.05, 0) is 60.1 Å². The van der Waals surface area contributed by atoms with Gasteiger partial charge in [0.25, 0.3) is 0 Å². The van der Waals surface area contributed by atoms with Crippen LogP contribution in [0.2, 0.25) is 0 Å². The monoisotopic (exact) mass is 362 g/mol. The van der Waals surface area contributed by atoms with Crippen LogP contribution in [0, 0.1) is 11.8 Å². The first-order valence-electron chi connectivity index (χ1n) is 8.45. The van der Waals surface area contributed by atoms with Crippen molar-refractivity contribution in [2.24, 2.45) is 11.8 Å². The largest absolute Gasteiger partial charge is 0.504 e. The summed E-state index contributed by atoms with van der Waals surface area (Å²) in [4.78, 5) is 0. The van der Waals surface area contributed by atoms with Crippen molar-refractivity contribution in [2.75, 3.05) is 27.4 Å². The molecule has 2 atom stereocenters. The number of hydrogen-bond acceptors (Lipinski definition) is 6. The lowest BCUT2D eigenvalue weighted by Gasteiger charge is -2.24. The number of aliphatic hydroxyl groups excluding tert-OH is 2. The lowest BCUT2D eigenvalue weighted by molar-refractivity contribution is 0.119. The molecule has 4 N–H and O–H groups in total. The van der Waals surface area contributed by atoms with Crippen LogP contribution in [0.4, 0.5) is 0 Å². The molecule has 142 valence electrons. The second-order valence-electron chi connectivity index (χ2n) is 6.31. The van der Waals surface area contributed by atoms with Gasteiger partial charge in [0.2, 0.25) is 0 Å². The molecule has 2 aromatic rings. The minimum atomic E-state index is -0.172. The highest BCUT2D eigenvalue weighted by Gasteiger charge is 2.22. The molecular weight excluding hydrogens is 336 g/mol. The Morgan fingerprint density at radius 1 is 0.731 bits per heavy atom. The first-order chi connectivity index (χ1) is 12.5. The summed E-state index contributed by atoms with van der Waals surface area (Å²) in [6.07, 6.45) is 1.07. The van der Waals surface area contributed by atoms with E-state index < -0.39 is 0 Å². The molecule has 1 unspecified atom stereocenters. The van der Waals surface area contributed by atoms with Crippen LogP contribution >= 0.6 is 0 Å². The zero-order valence-electron chi connectivity index (χ0n) is 15.1. The Hall–Kier alpha value is -2.44. The normalized spacial score (nSPS) is 13.2. The fourth-order valence-electron chi connectivity index (χ4n) is 3.06. The molecule has 0 saturated heterocycles. The van der Waals surface area contributed by atoms with E-state index in [9.17, 15) is 20.4 Å². The van der Waals surface area contributed by atoms with Crippen LogP contribution in [0.5, 0.6) is 23.0 Å². The van der Waals surface area contributed by atoms with E-state index in [0.29, 0.717) is 24.3 Å². The van der Waals surface area contributed by atoms with Gasteiger partial charge in [0.05, 0.1) is 14.2 Å². The summed E-state index contributed by atoms with van der Waals surface area (Å²) in [5.74, 6) is 0.535. The van der Waals surface area contributed by atoms with Gasteiger partial charge in [-0.3, -0.25) is 0 Å². The third-order valence-electron chi connectivity index (χ3n) is 4.62. The standard InChI is InChI=1S/C20H26O6/c1-25-19-9-13(3-5-17(19)23)7-15(11-21)16(12-22)8-14-4-6-18(24)20(10-14)26-2/h3-6,9-10,15-16,21-24H,7-8,11-12H2,1-2H3/t15-,16?/m0/s1. The lowest BCUT2D eigenvalue weighted by Crippen LogP contribution is -2.26. The zero-order valence-corrected chi connectivity index (χ0v) is 15.1. The number of phenols is 2. The molecule has 0 aliphatic carbocycles. The van der Waals surface area contributed by atoms with Gasteiger partial charge >= 0.3 is 0 Å². The highest BCUT2D eigenvalue weighted by atomic mass is 16.5. The summed E-state index contributed by atoms with van der Waals surface area (Å²) in [5, 5.41) is 39.1. The maximum absolute atomic E-state index is 9.84. The molecule has 0 fully saturated rings. The van der Waals surface area contributed by atoms with Crippen molar-refractivity contribution in [2.45, 2.75) is 12.8 Å². The lowest BCUT2D eigenvalue weighted by atomic mass is 9.83. The molecule has 0 aliphatic heterocycles. The molecule has 6 nitrogen and oxygen atoms in total. The zero-order chi connectivity index (χ0) is 19.1. The van der Waals surface area contributed by atoms with Crippen molar-refractivity contribution in [1.29, 1.82) is 0 Å². The quantitative estimate of drug-likeness (QED) is 0.545. The minimum absolute atomic E-state index is 0.0618. The number of hydrogen-bond donors (Lipinski definition) is 4. The van der Waals surface area contributed by atoms with Crippen LogP contribution in [0.15, 0.2) is 36.4 Å². The molecular formula is C20H26O6. The molecule has 0 heterocycles. The number of aliphatic hydroxyl groups is 2. The van der Waals surface area contributed by atoms with Gasteiger partial charge in [-0.25, -0.2) is 0 Å². The third-order valence-corrected chi connectivity index (χ3v) is 4.62. The number of aromatic hydroxyl groups is 2. The molecule has 0 aliphatic rings. The van der Waals surface area contributed by atoms with E-state index in [-0.39, 0.29) is 36.5 Å². The minimum Gasteiger partial charge on any atom is -0.504 e. The first kappa shape index (κ1) is 19.9. The molecule has 0 spiro atoms. The fourth-order valence-corrected chi connectivity index (χ4v) is 3.06. The Morgan fingerprint density at radius 2 is 1.12 bits per heavy atom. The molecule has 0 radical (unpaired) electrons. The predicted octanol–water partition coefficient (Wildman–Crippen LogP) is 2.12. The number of ether oxygens (including phenoxy) is 2. The maximum atomic E-state index is 9.84. The number of methoxy groups -OCH3 is 2. The summed E-state index contributed by atoms with van der Waals surface area (Å²) in [6, 6.07) is 10.1. The van der Waals surface area contributed by atoms with Crippen LogP contribution in [-0.2, 0) is 12.8 Å². The van der Waals surface area contributed by atoms with Gasteiger partial charge in [-0.15, -0.1) is 0 Å². The second kappa shape index (κ2) is 9.31. The Balaban J connectivity index is 2.15. The van der Waals surface area contributed by atoms with Crippen molar-refractivity contribution in [1.82, 2.24) is 0 Å². The molecule has 0 bridgehead atoms. The fraction of sp³-hybridized carbons (Fsp3) is 0.400. The van der Waals surface area contributed by atoms with Crippen LogP contribution in [-0.4, -0.2) is 47.9 Å². The highest BCUT2D eigenvalue weighted by Crippen LogP contribution is 2.31. The predicted molar refractivity (Wildman–Crippen MR) is 97.9 cm³/mol. The van der Waals surface area contributed by atoms with Crippen LogP contribution < -0.4 is 9.47 Å². The molecule has 0 amide bonds. The maximum Gasteiger partial charge on any atom is 0.160 e. The van der Waals surface area contributed by atoms with Gasteiger partial charge in [-0.1, -0.05) is 12.1 Å². The van der Waals surface area contributed by atoms with Crippen LogP contribution in [0.3, 0.4) is 0 Å². The van der Waals surface area contributed by atoms with Crippen molar-refractivity contribution in [3.8, 4) is 23.0 Å². The third kappa shape index (κ3) is 4.80. The molecule has 0 aromatic heterocycles. The Labute approximate surface area is 153 Å². The molecule has 6 heteroatoms. The Bertz CT molecular complexity index is 654. The van der Waals surface area contributed by atoms with Crippen molar-refractivity contribution in [3.63, 3.8) is 0 Å². The van der Waals surface area contributed by atoms with Crippen LogP contribution in [0.25, 0.3) is 0 Å². The summed E-state index contributed by atoms with van der Waals surface area (Å²) in [5.41, 5.74) is 1.81. The molecule has 26 heavy (non-hydrogen) atoms. The Kier molecular flexibility index (Phi) is 7.12. The molecule has 2 aromatic carbocycles. The van der Waals surface area contributed by atoms with Gasteiger partial charge in [-0.2, -0.15) is 0 Å². The van der Waals surface area contributed by atoms with E-state index >= 15 is 0 Å². The first-order valence-corrected chi connectivity index (χ1v) is 8.45. The van der Waals surface area contributed by atoms with Gasteiger partial charge in [0, 0.05) is 13.2 Å². The summed E-state index contributed by atoms with van der Waals surface area (Å²) in [7, 11) is 2.97.